The maximum absolute atomic E-state index is 13.6. The van der Waals surface area contributed by atoms with E-state index in [2.05, 4.69) is 27.2 Å². The molecular formula is C30H25N5O3S. The number of hydrogen-bond acceptors (Lipinski definition) is 7. The van der Waals surface area contributed by atoms with Crippen molar-refractivity contribution in [1.29, 1.82) is 0 Å². The number of anilines is 2. The zero-order valence-corrected chi connectivity index (χ0v) is 21.9. The quantitative estimate of drug-likeness (QED) is 0.247. The Morgan fingerprint density at radius 3 is 2.36 bits per heavy atom. The fraction of sp³-hybridized carbons (Fsp3) is 0.0667. The van der Waals surface area contributed by atoms with Gasteiger partial charge in [0.15, 0.2) is 11.2 Å². The third kappa shape index (κ3) is 5.39. The highest BCUT2D eigenvalue weighted by atomic mass is 32.2. The van der Waals surface area contributed by atoms with E-state index in [1.165, 1.54) is 18.2 Å². The summed E-state index contributed by atoms with van der Waals surface area (Å²) in [6.45, 7) is 5.69. The average molecular weight is 536 g/mol. The van der Waals surface area contributed by atoms with Crippen LogP contribution < -0.4 is 10.6 Å². The lowest BCUT2D eigenvalue weighted by atomic mass is 10.1. The van der Waals surface area contributed by atoms with Crippen molar-refractivity contribution in [2.75, 3.05) is 10.6 Å². The first kappa shape index (κ1) is 25.7. The van der Waals surface area contributed by atoms with Gasteiger partial charge in [-0.15, -0.1) is 0 Å². The van der Waals surface area contributed by atoms with Gasteiger partial charge in [0.05, 0.1) is 16.3 Å². The lowest BCUT2D eigenvalue weighted by Crippen LogP contribution is -2.28. The Balaban J connectivity index is 1.44. The average Bonchev–Trinajstić information content (AvgIpc) is 2.96. The van der Waals surface area contributed by atoms with E-state index in [1.54, 1.807) is 54.9 Å². The molecule has 1 atom stereocenters. The molecule has 2 aromatic carbocycles. The van der Waals surface area contributed by atoms with Crippen molar-refractivity contribution in [3.8, 4) is 11.4 Å². The Morgan fingerprint density at radius 2 is 1.64 bits per heavy atom. The van der Waals surface area contributed by atoms with Crippen LogP contribution in [0.25, 0.3) is 22.3 Å². The van der Waals surface area contributed by atoms with E-state index in [4.69, 9.17) is 4.98 Å². The first-order valence-corrected chi connectivity index (χ1v) is 13.7. The largest absolute Gasteiger partial charge is 0.348 e. The van der Waals surface area contributed by atoms with Crippen LogP contribution in [-0.2, 0) is 9.84 Å². The topological polar surface area (TPSA) is 114 Å². The van der Waals surface area contributed by atoms with Gasteiger partial charge in [-0.1, -0.05) is 43.0 Å². The molecule has 5 aromatic rings. The fourth-order valence-corrected chi connectivity index (χ4v) is 5.45. The van der Waals surface area contributed by atoms with Crippen molar-refractivity contribution in [3.05, 3.63) is 121 Å². The van der Waals surface area contributed by atoms with Gasteiger partial charge in [0.1, 0.15) is 5.52 Å². The summed E-state index contributed by atoms with van der Waals surface area (Å²) in [6, 6.07) is 24.1. The second-order valence-corrected chi connectivity index (χ2v) is 10.9. The Kier molecular flexibility index (Phi) is 7.16. The molecule has 5 rings (SSSR count). The Bertz CT molecular complexity index is 1770. The predicted molar refractivity (Wildman–Crippen MR) is 153 cm³/mol. The molecule has 0 radical (unpaired) electrons. The van der Waals surface area contributed by atoms with Crippen molar-refractivity contribution < 1.29 is 13.2 Å². The summed E-state index contributed by atoms with van der Waals surface area (Å²) in [5.41, 5.74) is 3.72. The van der Waals surface area contributed by atoms with Gasteiger partial charge in [-0.2, -0.15) is 0 Å². The molecule has 0 aliphatic carbocycles. The molecule has 0 fully saturated rings. The number of aryl methyl sites for hydroxylation is 1. The Hall–Kier alpha value is -4.89. The van der Waals surface area contributed by atoms with E-state index in [-0.39, 0.29) is 10.8 Å². The standard InChI is InChI=1S/C30H25N5O3S/c1-3-26(39(37,38)24-15-13-23(14-16-24)33-30(36)21-10-5-4-6-11-21)35-29-28-22(12-8-18-32-28)19-25(34-29)27-20(2)9-7-17-31-27/h3-19,26H,1H2,2H3,(H,33,36)(H,34,35). The Morgan fingerprint density at radius 1 is 0.923 bits per heavy atom. The first-order chi connectivity index (χ1) is 18.9. The number of aromatic nitrogens is 3. The lowest BCUT2D eigenvalue weighted by Gasteiger charge is -2.18. The van der Waals surface area contributed by atoms with E-state index < -0.39 is 15.2 Å². The number of carbonyl (C=O) groups excluding carboxylic acids is 1. The number of nitrogens with one attached hydrogen (secondary N) is 2. The number of nitrogens with zero attached hydrogens (tertiary/aromatic N) is 3. The van der Waals surface area contributed by atoms with E-state index in [9.17, 15) is 13.2 Å². The van der Waals surface area contributed by atoms with Crippen LogP contribution in [0.4, 0.5) is 11.5 Å². The Labute approximate surface area is 226 Å². The van der Waals surface area contributed by atoms with Crippen LogP contribution >= 0.6 is 0 Å². The third-order valence-corrected chi connectivity index (χ3v) is 8.05. The molecule has 8 nitrogen and oxygen atoms in total. The number of hydrogen-bond donors (Lipinski definition) is 2. The normalized spacial score (nSPS) is 12.0. The number of amides is 1. The number of pyridine rings is 3. The number of benzene rings is 2. The summed E-state index contributed by atoms with van der Waals surface area (Å²) in [5, 5.41) is 5.40. The number of sulfone groups is 1. The highest BCUT2D eigenvalue weighted by Gasteiger charge is 2.26. The minimum atomic E-state index is -3.93. The first-order valence-electron chi connectivity index (χ1n) is 12.1. The van der Waals surface area contributed by atoms with Gasteiger partial charge in [-0.25, -0.2) is 13.4 Å². The molecule has 0 aliphatic rings. The van der Waals surface area contributed by atoms with E-state index in [0.29, 0.717) is 34.0 Å². The van der Waals surface area contributed by atoms with Gasteiger partial charge in [-0.3, -0.25) is 14.8 Å². The maximum atomic E-state index is 13.6. The molecule has 1 unspecified atom stereocenters. The van der Waals surface area contributed by atoms with Crippen LogP contribution in [0.3, 0.4) is 0 Å². The van der Waals surface area contributed by atoms with Gasteiger partial charge in [0, 0.05) is 29.0 Å². The lowest BCUT2D eigenvalue weighted by molar-refractivity contribution is 0.102. The smallest absolute Gasteiger partial charge is 0.255 e. The summed E-state index contributed by atoms with van der Waals surface area (Å²) in [7, 11) is -3.93. The van der Waals surface area contributed by atoms with E-state index in [1.807, 2.05) is 37.3 Å². The maximum Gasteiger partial charge on any atom is 0.255 e. The molecule has 0 saturated heterocycles. The molecule has 1 amide bonds. The molecular weight excluding hydrogens is 510 g/mol. The van der Waals surface area contributed by atoms with E-state index >= 15 is 0 Å². The van der Waals surface area contributed by atoms with Gasteiger partial charge in [0.2, 0.25) is 9.84 Å². The molecule has 0 bridgehead atoms. The molecule has 194 valence electrons. The second-order valence-electron chi connectivity index (χ2n) is 8.79. The van der Waals surface area contributed by atoms with Crippen molar-refractivity contribution in [2.24, 2.45) is 0 Å². The van der Waals surface area contributed by atoms with Crippen molar-refractivity contribution in [2.45, 2.75) is 17.2 Å². The van der Waals surface area contributed by atoms with Crippen molar-refractivity contribution in [3.63, 3.8) is 0 Å². The molecule has 9 heteroatoms. The molecule has 39 heavy (non-hydrogen) atoms. The zero-order valence-electron chi connectivity index (χ0n) is 21.1. The summed E-state index contributed by atoms with van der Waals surface area (Å²) < 4.78 is 27.2. The minimum Gasteiger partial charge on any atom is -0.348 e. The third-order valence-electron chi connectivity index (χ3n) is 6.14. The van der Waals surface area contributed by atoms with Gasteiger partial charge in [0.25, 0.3) is 5.91 Å². The summed E-state index contributed by atoms with van der Waals surface area (Å²) >= 11 is 0. The summed E-state index contributed by atoms with van der Waals surface area (Å²) in [5.74, 6) is 0.0127. The van der Waals surface area contributed by atoms with Crippen LogP contribution in [0.1, 0.15) is 15.9 Å². The second kappa shape index (κ2) is 10.8. The van der Waals surface area contributed by atoms with Crippen LogP contribution in [0.2, 0.25) is 0 Å². The molecule has 0 spiro atoms. The van der Waals surface area contributed by atoms with Crippen LogP contribution in [-0.4, -0.2) is 34.7 Å². The molecule has 0 aliphatic heterocycles. The highest BCUT2D eigenvalue weighted by Crippen LogP contribution is 2.29. The van der Waals surface area contributed by atoms with Gasteiger partial charge in [-0.05, 0) is 67.1 Å². The van der Waals surface area contributed by atoms with Gasteiger partial charge < -0.3 is 10.6 Å². The van der Waals surface area contributed by atoms with Gasteiger partial charge >= 0.3 is 0 Å². The SMILES string of the molecule is C=CC(Nc1nc(-c2ncccc2C)cc2cccnc12)S(=O)(=O)c1ccc(NC(=O)c2ccccc2)cc1. The summed E-state index contributed by atoms with van der Waals surface area (Å²) in [6.07, 6.45) is 4.63. The number of carbonyl (C=O) groups is 1. The fourth-order valence-electron chi connectivity index (χ4n) is 4.13. The molecule has 3 heterocycles. The monoisotopic (exact) mass is 535 g/mol. The van der Waals surface area contributed by atoms with E-state index in [0.717, 1.165) is 10.9 Å². The highest BCUT2D eigenvalue weighted by molar-refractivity contribution is 7.92. The van der Waals surface area contributed by atoms with Crippen LogP contribution in [0, 0.1) is 6.92 Å². The number of rotatable bonds is 8. The zero-order chi connectivity index (χ0) is 27.4. The predicted octanol–water partition coefficient (Wildman–Crippen LogP) is 5.65. The molecule has 0 saturated carbocycles. The molecule has 2 N–H and O–H groups in total. The number of fused-ring (bicyclic) bond motifs is 1. The molecule has 3 aromatic heterocycles. The van der Waals surface area contributed by atoms with Crippen molar-refractivity contribution >= 4 is 38.2 Å². The minimum absolute atomic E-state index is 0.0617. The van der Waals surface area contributed by atoms with Crippen LogP contribution in [0.15, 0.2) is 115 Å². The van der Waals surface area contributed by atoms with Crippen molar-refractivity contribution in [1.82, 2.24) is 15.0 Å². The van der Waals surface area contributed by atoms with Crippen LogP contribution in [0.5, 0.6) is 0 Å². The summed E-state index contributed by atoms with van der Waals surface area (Å²) in [4.78, 5) is 26.1.